The number of hydrogen-bond acceptors (Lipinski definition) is 5. The number of ketones is 1. The Balaban J connectivity index is 1.49. The molecule has 0 aliphatic carbocycles. The summed E-state index contributed by atoms with van der Waals surface area (Å²) in [5.41, 5.74) is 2.64. The van der Waals surface area contributed by atoms with Crippen LogP contribution in [-0.2, 0) is 21.4 Å². The molecule has 0 aromatic heterocycles. The van der Waals surface area contributed by atoms with Crippen LogP contribution in [0.25, 0.3) is 0 Å². The van der Waals surface area contributed by atoms with Gasteiger partial charge in [0.2, 0.25) is 15.9 Å². The van der Waals surface area contributed by atoms with E-state index in [4.69, 9.17) is 0 Å². The third kappa shape index (κ3) is 5.67. The van der Waals surface area contributed by atoms with E-state index < -0.39 is 10.0 Å². The van der Waals surface area contributed by atoms with Crippen molar-refractivity contribution in [1.82, 2.24) is 10.0 Å². The Kier molecular flexibility index (Phi) is 7.23. The van der Waals surface area contributed by atoms with Gasteiger partial charge in [-0.3, -0.25) is 9.59 Å². The van der Waals surface area contributed by atoms with Gasteiger partial charge in [0.1, 0.15) is 0 Å². The molecule has 7 nitrogen and oxygen atoms in total. The van der Waals surface area contributed by atoms with Crippen LogP contribution in [0.3, 0.4) is 0 Å². The highest BCUT2D eigenvalue weighted by atomic mass is 32.2. The molecule has 1 aliphatic heterocycles. The van der Waals surface area contributed by atoms with E-state index in [1.54, 1.807) is 0 Å². The summed E-state index contributed by atoms with van der Waals surface area (Å²) < 4.78 is 27.1. The molecule has 0 radical (unpaired) electrons. The van der Waals surface area contributed by atoms with Gasteiger partial charge in [-0.2, -0.15) is 0 Å². The van der Waals surface area contributed by atoms with Crippen LogP contribution < -0.4 is 14.9 Å². The summed E-state index contributed by atoms with van der Waals surface area (Å²) in [4.78, 5) is 25.9. The SMILES string of the molecule is CC(=O)c1ccc(S(=O)(=O)NCCC(=O)NCc2ccccc2N2CCCC2)cc1. The Morgan fingerprint density at radius 2 is 1.67 bits per heavy atom. The molecular weight excluding hydrogens is 402 g/mol. The molecule has 2 aromatic carbocycles. The first-order chi connectivity index (χ1) is 14.4. The van der Waals surface area contributed by atoms with Gasteiger partial charge in [-0.05, 0) is 43.5 Å². The Morgan fingerprint density at radius 3 is 2.33 bits per heavy atom. The number of carbonyl (C=O) groups excluding carboxylic acids is 2. The molecule has 0 spiro atoms. The maximum Gasteiger partial charge on any atom is 0.240 e. The van der Waals surface area contributed by atoms with Gasteiger partial charge in [0, 0.05) is 43.9 Å². The molecule has 2 aromatic rings. The predicted molar refractivity (Wildman–Crippen MR) is 116 cm³/mol. The van der Waals surface area contributed by atoms with E-state index in [9.17, 15) is 18.0 Å². The average molecular weight is 430 g/mol. The summed E-state index contributed by atoms with van der Waals surface area (Å²) in [6, 6.07) is 13.7. The summed E-state index contributed by atoms with van der Waals surface area (Å²) in [6.45, 7) is 3.88. The third-order valence-corrected chi connectivity index (χ3v) is 6.61. The number of nitrogens with zero attached hydrogens (tertiary/aromatic N) is 1. The van der Waals surface area contributed by atoms with Gasteiger partial charge in [0.25, 0.3) is 0 Å². The molecule has 30 heavy (non-hydrogen) atoms. The lowest BCUT2D eigenvalue weighted by molar-refractivity contribution is -0.121. The van der Waals surface area contributed by atoms with Crippen molar-refractivity contribution in [2.24, 2.45) is 0 Å². The zero-order valence-electron chi connectivity index (χ0n) is 17.1. The van der Waals surface area contributed by atoms with Gasteiger partial charge in [0.05, 0.1) is 4.90 Å². The Labute approximate surface area is 177 Å². The summed E-state index contributed by atoms with van der Waals surface area (Å²) in [5, 5.41) is 2.87. The topological polar surface area (TPSA) is 95.6 Å². The van der Waals surface area contributed by atoms with E-state index in [1.807, 2.05) is 18.2 Å². The van der Waals surface area contributed by atoms with Gasteiger partial charge in [-0.15, -0.1) is 0 Å². The zero-order chi connectivity index (χ0) is 21.6. The Bertz CT molecular complexity index is 997. The molecule has 3 rings (SSSR count). The third-order valence-electron chi connectivity index (χ3n) is 5.13. The van der Waals surface area contributed by atoms with E-state index in [0.29, 0.717) is 12.1 Å². The van der Waals surface area contributed by atoms with Crippen LogP contribution in [0.4, 0.5) is 5.69 Å². The first kappa shape index (κ1) is 22.0. The smallest absolute Gasteiger partial charge is 0.240 e. The number of rotatable bonds is 9. The van der Waals surface area contributed by atoms with Gasteiger partial charge < -0.3 is 10.2 Å². The van der Waals surface area contributed by atoms with Crippen molar-refractivity contribution in [3.63, 3.8) is 0 Å². The highest BCUT2D eigenvalue weighted by molar-refractivity contribution is 7.89. The minimum Gasteiger partial charge on any atom is -0.371 e. The van der Waals surface area contributed by atoms with Crippen LogP contribution >= 0.6 is 0 Å². The van der Waals surface area contributed by atoms with Crippen LogP contribution in [0.1, 0.15) is 42.1 Å². The van der Waals surface area contributed by atoms with Crippen molar-refractivity contribution in [3.8, 4) is 0 Å². The van der Waals surface area contributed by atoms with Gasteiger partial charge in [-0.1, -0.05) is 30.3 Å². The molecule has 2 N–H and O–H groups in total. The largest absolute Gasteiger partial charge is 0.371 e. The lowest BCUT2D eigenvalue weighted by atomic mass is 10.1. The number of sulfonamides is 1. The van der Waals surface area contributed by atoms with Crippen molar-refractivity contribution in [3.05, 3.63) is 59.7 Å². The molecule has 0 bridgehead atoms. The van der Waals surface area contributed by atoms with Crippen molar-refractivity contribution in [2.75, 3.05) is 24.5 Å². The minimum atomic E-state index is -3.73. The molecule has 1 amide bonds. The van der Waals surface area contributed by atoms with Crippen molar-refractivity contribution >= 4 is 27.4 Å². The number of Topliss-reactive ketones (excluding diaryl/α,β-unsaturated/α-hetero) is 1. The summed E-state index contributed by atoms with van der Waals surface area (Å²) >= 11 is 0. The molecule has 0 unspecified atom stereocenters. The number of hydrogen-bond donors (Lipinski definition) is 2. The first-order valence-corrected chi connectivity index (χ1v) is 11.6. The monoisotopic (exact) mass is 429 g/mol. The Morgan fingerprint density at radius 1 is 1.00 bits per heavy atom. The van der Waals surface area contributed by atoms with Crippen molar-refractivity contribution < 1.29 is 18.0 Å². The lowest BCUT2D eigenvalue weighted by Gasteiger charge is -2.21. The second-order valence-electron chi connectivity index (χ2n) is 7.33. The standard InChI is InChI=1S/C22H27N3O4S/c1-17(26)18-8-10-20(11-9-18)30(28,29)24-13-12-22(27)23-16-19-6-2-3-7-21(19)25-14-4-5-15-25/h2-3,6-11,24H,4-5,12-16H2,1H3,(H,23,27). The van der Waals surface area contributed by atoms with Crippen LogP contribution in [0.2, 0.25) is 0 Å². The number of para-hydroxylation sites is 1. The van der Waals surface area contributed by atoms with Gasteiger partial charge in [0.15, 0.2) is 5.78 Å². The summed E-state index contributed by atoms with van der Waals surface area (Å²) in [6.07, 6.45) is 2.40. The van der Waals surface area contributed by atoms with E-state index in [-0.39, 0.29) is 29.6 Å². The number of carbonyl (C=O) groups is 2. The summed E-state index contributed by atoms with van der Waals surface area (Å²) in [7, 11) is -3.73. The molecule has 1 fully saturated rings. The summed E-state index contributed by atoms with van der Waals surface area (Å²) in [5.74, 6) is -0.351. The fraction of sp³-hybridized carbons (Fsp3) is 0.364. The maximum absolute atomic E-state index is 12.3. The molecule has 1 saturated heterocycles. The fourth-order valence-electron chi connectivity index (χ4n) is 3.46. The zero-order valence-corrected chi connectivity index (χ0v) is 17.9. The maximum atomic E-state index is 12.3. The molecule has 8 heteroatoms. The number of anilines is 1. The van der Waals surface area contributed by atoms with Crippen LogP contribution in [0.15, 0.2) is 53.4 Å². The van der Waals surface area contributed by atoms with Crippen LogP contribution in [0, 0.1) is 0 Å². The normalized spacial score (nSPS) is 14.0. The predicted octanol–water partition coefficient (Wildman–Crippen LogP) is 2.47. The highest BCUT2D eigenvalue weighted by Gasteiger charge is 2.17. The number of amides is 1. The highest BCUT2D eigenvalue weighted by Crippen LogP contribution is 2.24. The molecular formula is C22H27N3O4S. The first-order valence-electron chi connectivity index (χ1n) is 10.1. The van der Waals surface area contributed by atoms with Crippen molar-refractivity contribution in [1.29, 1.82) is 0 Å². The number of benzene rings is 2. The average Bonchev–Trinajstić information content (AvgIpc) is 3.27. The fourth-order valence-corrected chi connectivity index (χ4v) is 4.49. The number of nitrogens with one attached hydrogen (secondary N) is 2. The second-order valence-corrected chi connectivity index (χ2v) is 9.09. The van der Waals surface area contributed by atoms with Crippen LogP contribution in [-0.4, -0.2) is 39.7 Å². The lowest BCUT2D eigenvalue weighted by Crippen LogP contribution is -2.31. The molecule has 1 aliphatic rings. The second kappa shape index (κ2) is 9.86. The molecule has 1 heterocycles. The van der Waals surface area contributed by atoms with Crippen molar-refractivity contribution in [2.45, 2.75) is 37.6 Å². The quantitative estimate of drug-likeness (QED) is 0.597. The van der Waals surface area contributed by atoms with Gasteiger partial charge >= 0.3 is 0 Å². The van der Waals surface area contributed by atoms with E-state index in [0.717, 1.165) is 24.3 Å². The molecule has 160 valence electrons. The van der Waals surface area contributed by atoms with E-state index in [1.165, 1.54) is 44.0 Å². The molecule has 0 saturated carbocycles. The Hall–Kier alpha value is -2.71. The minimum absolute atomic E-state index is 0.00357. The van der Waals surface area contributed by atoms with Crippen LogP contribution in [0.5, 0.6) is 0 Å². The van der Waals surface area contributed by atoms with E-state index >= 15 is 0 Å². The molecule has 0 atom stereocenters. The van der Waals surface area contributed by atoms with E-state index in [2.05, 4.69) is 21.0 Å². The van der Waals surface area contributed by atoms with Gasteiger partial charge in [-0.25, -0.2) is 13.1 Å².